The molecule has 1 aromatic rings. The molecule has 2 rings (SSSR count). The minimum absolute atomic E-state index is 0.0759. The molecule has 1 N–H and O–H groups in total. The van der Waals surface area contributed by atoms with Gasteiger partial charge >= 0.3 is 0 Å². The highest BCUT2D eigenvalue weighted by Gasteiger charge is 2.24. The van der Waals surface area contributed by atoms with E-state index in [4.69, 9.17) is 16.3 Å². The summed E-state index contributed by atoms with van der Waals surface area (Å²) in [6.45, 7) is 3.26. The summed E-state index contributed by atoms with van der Waals surface area (Å²) in [5.74, 6) is 0.597. The summed E-state index contributed by atoms with van der Waals surface area (Å²) in [5, 5.41) is 7.64. The molecule has 0 amide bonds. The van der Waals surface area contributed by atoms with Crippen LogP contribution in [0.5, 0.6) is 0 Å². The zero-order chi connectivity index (χ0) is 13.8. The summed E-state index contributed by atoms with van der Waals surface area (Å²) in [6, 6.07) is 0.0759. The zero-order valence-corrected chi connectivity index (χ0v) is 12.1. The van der Waals surface area contributed by atoms with Gasteiger partial charge in [0.2, 0.25) is 0 Å². The first-order chi connectivity index (χ1) is 9.15. The summed E-state index contributed by atoms with van der Waals surface area (Å²) >= 11 is 6.08. The van der Waals surface area contributed by atoms with Gasteiger partial charge in [-0.05, 0) is 25.2 Å². The summed E-state index contributed by atoms with van der Waals surface area (Å²) < 4.78 is 6.63. The summed E-state index contributed by atoms with van der Waals surface area (Å²) in [7, 11) is 1.64. The van der Waals surface area contributed by atoms with E-state index >= 15 is 0 Å². The summed E-state index contributed by atoms with van der Waals surface area (Å²) in [6.07, 6.45) is 4.75. The maximum Gasteiger partial charge on any atom is 0.291 e. The number of rotatable bonds is 7. The van der Waals surface area contributed by atoms with Crippen LogP contribution in [-0.2, 0) is 11.3 Å². The van der Waals surface area contributed by atoms with E-state index in [-0.39, 0.29) is 11.6 Å². The molecule has 0 aromatic carbocycles. The second-order valence-corrected chi connectivity index (χ2v) is 5.41. The van der Waals surface area contributed by atoms with Crippen molar-refractivity contribution < 1.29 is 4.74 Å². The van der Waals surface area contributed by atoms with Crippen molar-refractivity contribution in [1.82, 2.24) is 9.78 Å². The fourth-order valence-electron chi connectivity index (χ4n) is 1.94. The SMILES string of the molecule is CCC(COC)Nc1c(Cl)cnn(CC2CC2)c1=O. The van der Waals surface area contributed by atoms with E-state index in [2.05, 4.69) is 10.4 Å². The molecule has 106 valence electrons. The molecule has 1 heterocycles. The standard InChI is InChI=1S/C13H20ClN3O2/c1-3-10(8-19-2)16-12-11(14)6-15-17(13(12)18)7-9-4-5-9/h6,9-10,16H,3-5,7-8H2,1-2H3. The van der Waals surface area contributed by atoms with E-state index in [1.165, 1.54) is 23.7 Å². The van der Waals surface area contributed by atoms with E-state index in [9.17, 15) is 4.79 Å². The molecule has 5 nitrogen and oxygen atoms in total. The molecule has 0 spiro atoms. The lowest BCUT2D eigenvalue weighted by Crippen LogP contribution is -2.32. The minimum Gasteiger partial charge on any atom is -0.383 e. The highest BCUT2D eigenvalue weighted by Crippen LogP contribution is 2.30. The van der Waals surface area contributed by atoms with Crippen LogP contribution in [0.15, 0.2) is 11.0 Å². The molecule has 1 aliphatic carbocycles. The lowest BCUT2D eigenvalue weighted by molar-refractivity contribution is 0.184. The Bertz CT molecular complexity index is 485. The van der Waals surface area contributed by atoms with Gasteiger partial charge in [-0.3, -0.25) is 4.79 Å². The van der Waals surface area contributed by atoms with Crippen LogP contribution in [0, 0.1) is 5.92 Å². The third-order valence-electron chi connectivity index (χ3n) is 3.33. The summed E-state index contributed by atoms with van der Waals surface area (Å²) in [4.78, 5) is 12.3. The average Bonchev–Trinajstić information content (AvgIpc) is 3.20. The van der Waals surface area contributed by atoms with Gasteiger partial charge in [-0.25, -0.2) is 4.68 Å². The van der Waals surface area contributed by atoms with Crippen molar-refractivity contribution in [2.45, 2.75) is 38.8 Å². The van der Waals surface area contributed by atoms with Gasteiger partial charge in [-0.2, -0.15) is 5.10 Å². The molecule has 0 aliphatic heterocycles. The number of hydrogen-bond donors (Lipinski definition) is 1. The molecule has 1 saturated carbocycles. The first-order valence-electron chi connectivity index (χ1n) is 6.66. The largest absolute Gasteiger partial charge is 0.383 e. The number of hydrogen-bond acceptors (Lipinski definition) is 4. The van der Waals surface area contributed by atoms with Crippen LogP contribution in [-0.4, -0.2) is 29.5 Å². The van der Waals surface area contributed by atoms with Crippen LogP contribution in [0.3, 0.4) is 0 Å². The van der Waals surface area contributed by atoms with Crippen LogP contribution < -0.4 is 10.9 Å². The van der Waals surface area contributed by atoms with E-state index in [0.717, 1.165) is 6.42 Å². The Labute approximate surface area is 117 Å². The van der Waals surface area contributed by atoms with E-state index in [1.807, 2.05) is 6.92 Å². The second-order valence-electron chi connectivity index (χ2n) is 5.00. The number of methoxy groups -OCH3 is 1. The van der Waals surface area contributed by atoms with Gasteiger partial charge in [0.1, 0.15) is 5.69 Å². The lowest BCUT2D eigenvalue weighted by atomic mass is 10.2. The van der Waals surface area contributed by atoms with Crippen molar-refractivity contribution in [2.24, 2.45) is 5.92 Å². The van der Waals surface area contributed by atoms with Crippen molar-refractivity contribution in [2.75, 3.05) is 19.0 Å². The van der Waals surface area contributed by atoms with Crippen LogP contribution >= 0.6 is 11.6 Å². The first-order valence-corrected chi connectivity index (χ1v) is 7.04. The highest BCUT2D eigenvalue weighted by atomic mass is 35.5. The summed E-state index contributed by atoms with van der Waals surface area (Å²) in [5.41, 5.74) is 0.287. The number of nitrogens with zero attached hydrogens (tertiary/aromatic N) is 2. The highest BCUT2D eigenvalue weighted by molar-refractivity contribution is 6.33. The van der Waals surface area contributed by atoms with Gasteiger partial charge < -0.3 is 10.1 Å². The molecule has 6 heteroatoms. The Morgan fingerprint density at radius 1 is 1.63 bits per heavy atom. The fraction of sp³-hybridized carbons (Fsp3) is 0.692. The van der Waals surface area contributed by atoms with E-state index < -0.39 is 0 Å². The van der Waals surface area contributed by atoms with E-state index in [0.29, 0.717) is 29.8 Å². The van der Waals surface area contributed by atoms with Crippen molar-refractivity contribution in [3.63, 3.8) is 0 Å². The molecule has 1 atom stereocenters. The van der Waals surface area contributed by atoms with Crippen LogP contribution in [0.2, 0.25) is 5.02 Å². The normalized spacial score (nSPS) is 16.4. The molecule has 1 aliphatic rings. The van der Waals surface area contributed by atoms with Crippen molar-refractivity contribution in [1.29, 1.82) is 0 Å². The Hall–Kier alpha value is -1.07. The Morgan fingerprint density at radius 3 is 2.95 bits per heavy atom. The van der Waals surface area contributed by atoms with Crippen molar-refractivity contribution in [3.05, 3.63) is 21.6 Å². The van der Waals surface area contributed by atoms with Crippen molar-refractivity contribution in [3.8, 4) is 0 Å². The number of anilines is 1. The molecule has 1 aromatic heterocycles. The molecular formula is C13H20ClN3O2. The van der Waals surface area contributed by atoms with Gasteiger partial charge in [0, 0.05) is 19.7 Å². The quantitative estimate of drug-likeness (QED) is 0.834. The van der Waals surface area contributed by atoms with Crippen molar-refractivity contribution >= 4 is 17.3 Å². The van der Waals surface area contributed by atoms with Gasteiger partial charge in [0.25, 0.3) is 5.56 Å². The number of aromatic nitrogens is 2. The number of nitrogens with one attached hydrogen (secondary N) is 1. The van der Waals surface area contributed by atoms with Gasteiger partial charge in [-0.1, -0.05) is 18.5 Å². The topological polar surface area (TPSA) is 56.1 Å². The molecule has 1 fully saturated rings. The number of ether oxygens (including phenoxy) is 1. The monoisotopic (exact) mass is 285 g/mol. The third-order valence-corrected chi connectivity index (χ3v) is 3.62. The Kier molecular flexibility index (Phi) is 4.82. The van der Waals surface area contributed by atoms with E-state index in [1.54, 1.807) is 7.11 Å². The fourth-order valence-corrected chi connectivity index (χ4v) is 2.12. The Balaban J connectivity index is 2.19. The Morgan fingerprint density at radius 2 is 2.37 bits per heavy atom. The van der Waals surface area contributed by atoms with Crippen LogP contribution in [0.4, 0.5) is 5.69 Å². The molecule has 19 heavy (non-hydrogen) atoms. The zero-order valence-electron chi connectivity index (χ0n) is 11.4. The predicted molar refractivity (Wildman–Crippen MR) is 75.8 cm³/mol. The number of halogens is 1. The smallest absolute Gasteiger partial charge is 0.291 e. The molecular weight excluding hydrogens is 266 g/mol. The van der Waals surface area contributed by atoms with Gasteiger partial charge in [-0.15, -0.1) is 0 Å². The molecule has 0 radical (unpaired) electrons. The maximum atomic E-state index is 12.3. The molecule has 0 saturated heterocycles. The maximum absolute atomic E-state index is 12.3. The minimum atomic E-state index is -0.144. The third kappa shape index (κ3) is 3.70. The van der Waals surface area contributed by atoms with Gasteiger partial charge in [0.15, 0.2) is 0 Å². The van der Waals surface area contributed by atoms with Crippen LogP contribution in [0.25, 0.3) is 0 Å². The molecule has 1 unspecified atom stereocenters. The molecule has 0 bridgehead atoms. The second kappa shape index (κ2) is 6.39. The average molecular weight is 286 g/mol. The first kappa shape index (κ1) is 14.3. The van der Waals surface area contributed by atoms with Gasteiger partial charge in [0.05, 0.1) is 17.8 Å². The predicted octanol–water partition coefficient (Wildman–Crippen LogP) is 2.14. The lowest BCUT2D eigenvalue weighted by Gasteiger charge is -2.18. The van der Waals surface area contributed by atoms with Crippen LogP contribution in [0.1, 0.15) is 26.2 Å².